The van der Waals surface area contributed by atoms with Crippen LogP contribution in [0.25, 0.3) is 0 Å². The summed E-state index contributed by atoms with van der Waals surface area (Å²) < 4.78 is 5.92. The largest absolute Gasteiger partial charge is 1.00 e. The van der Waals surface area contributed by atoms with Crippen molar-refractivity contribution in [2.75, 3.05) is 39.3 Å². The lowest BCUT2D eigenvalue weighted by atomic mass is 10.1. The summed E-state index contributed by atoms with van der Waals surface area (Å²) in [6.45, 7) is 6.29. The van der Waals surface area contributed by atoms with Crippen molar-refractivity contribution in [3.8, 4) is 0 Å². The van der Waals surface area contributed by atoms with Crippen molar-refractivity contribution >= 4 is 5.97 Å². The summed E-state index contributed by atoms with van der Waals surface area (Å²) in [4.78, 5) is 17.4. The third kappa shape index (κ3) is 7.43. The lowest BCUT2D eigenvalue weighted by Gasteiger charge is -2.34. The summed E-state index contributed by atoms with van der Waals surface area (Å²) in [7, 11) is 0. The number of hydrogen-bond donors (Lipinski definition) is 0. The Labute approximate surface area is 170 Å². The van der Waals surface area contributed by atoms with Gasteiger partial charge in [-0.25, -0.2) is 4.79 Å². The number of ether oxygens (including phenoxy) is 1. The second-order valence-corrected chi connectivity index (χ2v) is 7.12. The highest BCUT2D eigenvalue weighted by Crippen LogP contribution is 2.15. The van der Waals surface area contributed by atoms with Gasteiger partial charge >= 0.3 is 5.97 Å². The van der Waals surface area contributed by atoms with Crippen LogP contribution in [0.3, 0.4) is 0 Å². The monoisotopic (exact) mass is 400 g/mol. The fraction of sp³-hybridized carbons (Fsp3) is 0.650. The molecule has 2 aliphatic heterocycles. The van der Waals surface area contributed by atoms with E-state index in [4.69, 9.17) is 4.74 Å². The van der Waals surface area contributed by atoms with E-state index < -0.39 is 0 Å². The van der Waals surface area contributed by atoms with Gasteiger partial charge in [0.25, 0.3) is 0 Å². The van der Waals surface area contributed by atoms with Gasteiger partial charge in [-0.05, 0) is 64.0 Å². The highest BCUT2D eigenvalue weighted by atomic mass is 35.5. The average molecular weight is 401 g/mol. The van der Waals surface area contributed by atoms with Crippen molar-refractivity contribution in [2.24, 2.45) is 0 Å². The maximum absolute atomic E-state index is 12.5. The highest BCUT2D eigenvalue weighted by Gasteiger charge is 2.24. The summed E-state index contributed by atoms with van der Waals surface area (Å²) >= 11 is 0. The molecule has 0 saturated carbocycles. The Hall–Kier alpha value is -0.810. The van der Waals surface area contributed by atoms with Crippen LogP contribution in [0, 0.1) is 0 Å². The van der Waals surface area contributed by atoms with E-state index in [0.29, 0.717) is 5.56 Å². The molecule has 148 valence electrons. The van der Waals surface area contributed by atoms with Crippen molar-refractivity contribution in [3.63, 3.8) is 0 Å². The van der Waals surface area contributed by atoms with Gasteiger partial charge < -0.3 is 29.6 Å². The number of halogens is 2. The van der Waals surface area contributed by atoms with E-state index >= 15 is 0 Å². The predicted octanol–water partition coefficient (Wildman–Crippen LogP) is -2.81. The maximum Gasteiger partial charge on any atom is 0.338 e. The van der Waals surface area contributed by atoms with Crippen LogP contribution in [0.5, 0.6) is 0 Å². The zero-order valence-electron chi connectivity index (χ0n) is 15.4. The van der Waals surface area contributed by atoms with Crippen molar-refractivity contribution in [2.45, 2.75) is 44.6 Å². The number of likely N-dealkylation sites (tertiary alicyclic amines) is 2. The van der Waals surface area contributed by atoms with E-state index in [-0.39, 0.29) is 36.9 Å². The van der Waals surface area contributed by atoms with Crippen LogP contribution in [0.4, 0.5) is 0 Å². The Bertz CT molecular complexity index is 484. The summed E-state index contributed by atoms with van der Waals surface area (Å²) in [5, 5.41) is 0. The minimum Gasteiger partial charge on any atom is -1.00 e. The van der Waals surface area contributed by atoms with Crippen LogP contribution in [0.2, 0.25) is 0 Å². The highest BCUT2D eigenvalue weighted by molar-refractivity contribution is 5.89. The van der Waals surface area contributed by atoms with Crippen LogP contribution >= 0.6 is 0 Å². The number of carbonyl (C=O) groups excluding carboxylic acids is 1. The first-order valence-corrected chi connectivity index (χ1v) is 9.52. The quantitative estimate of drug-likeness (QED) is 0.482. The van der Waals surface area contributed by atoms with Gasteiger partial charge in [-0.2, -0.15) is 0 Å². The van der Waals surface area contributed by atoms with E-state index in [9.17, 15) is 4.79 Å². The number of nitrogens with zero attached hydrogens (tertiary/aromatic N) is 2. The molecule has 2 heterocycles. The Morgan fingerprint density at radius 2 is 1.27 bits per heavy atom. The number of piperidine rings is 2. The van der Waals surface area contributed by atoms with Crippen molar-refractivity contribution < 1.29 is 34.3 Å². The Morgan fingerprint density at radius 3 is 1.73 bits per heavy atom. The number of esters is 1. The average Bonchev–Trinajstić information content (AvgIpc) is 2.64. The van der Waals surface area contributed by atoms with E-state index in [2.05, 4.69) is 9.80 Å². The normalized spacial score (nSPS) is 18.7. The lowest BCUT2D eigenvalue weighted by molar-refractivity contribution is -0.00100. The van der Waals surface area contributed by atoms with Crippen molar-refractivity contribution in [1.82, 2.24) is 9.80 Å². The molecule has 1 aromatic carbocycles. The molecule has 1 aromatic rings. The second kappa shape index (κ2) is 12.6. The van der Waals surface area contributed by atoms with E-state index in [1.54, 1.807) is 0 Å². The molecule has 0 unspecified atom stereocenters. The Balaban J connectivity index is 0.00000169. The zero-order valence-corrected chi connectivity index (χ0v) is 16.9. The maximum atomic E-state index is 12.5. The first-order chi connectivity index (χ1) is 11.8. The molecule has 4 nitrogen and oxygen atoms in total. The van der Waals surface area contributed by atoms with Crippen LogP contribution in [-0.4, -0.2) is 61.1 Å². The topological polar surface area (TPSA) is 32.8 Å². The fourth-order valence-electron chi connectivity index (χ4n) is 3.79. The number of rotatable bonds is 6. The predicted molar refractivity (Wildman–Crippen MR) is 96.2 cm³/mol. The summed E-state index contributed by atoms with van der Waals surface area (Å²) in [6, 6.07) is 9.37. The number of carbonyl (C=O) groups is 1. The smallest absolute Gasteiger partial charge is 0.338 e. The molecule has 0 bridgehead atoms. The molecule has 3 rings (SSSR count). The van der Waals surface area contributed by atoms with Gasteiger partial charge in [0.05, 0.1) is 5.56 Å². The summed E-state index contributed by atoms with van der Waals surface area (Å²) in [6.07, 6.45) is 7.70. The molecule has 0 radical (unpaired) electrons. The van der Waals surface area contributed by atoms with Gasteiger partial charge in [0.2, 0.25) is 0 Å². The van der Waals surface area contributed by atoms with Crippen LogP contribution in [0.15, 0.2) is 30.3 Å². The molecule has 6 heteroatoms. The molecule has 2 fully saturated rings. The standard InChI is InChI=1S/C20H30N2O2.2ClH/c23-20(18-10-4-1-5-11-18)24-19(16-21-12-6-2-7-13-21)17-22-14-8-3-9-15-22;;/h1,4-5,10-11,19H,2-3,6-9,12-17H2;2*1H/p-2. The molecule has 2 aliphatic rings. The van der Waals surface area contributed by atoms with E-state index in [1.807, 2.05) is 30.3 Å². The molecule has 26 heavy (non-hydrogen) atoms. The minimum atomic E-state index is -0.186. The first-order valence-electron chi connectivity index (χ1n) is 9.52. The molecule has 0 N–H and O–H groups in total. The third-order valence-corrected chi connectivity index (χ3v) is 5.10. The number of benzene rings is 1. The molecule has 0 atom stereocenters. The summed E-state index contributed by atoms with van der Waals surface area (Å²) in [5.74, 6) is -0.186. The zero-order chi connectivity index (χ0) is 16.6. The second-order valence-electron chi connectivity index (χ2n) is 7.12. The molecule has 0 aliphatic carbocycles. The van der Waals surface area contributed by atoms with E-state index in [1.165, 1.54) is 38.5 Å². The third-order valence-electron chi connectivity index (χ3n) is 5.10. The molecular formula is C20H30Cl2N2O2-2. The van der Waals surface area contributed by atoms with Gasteiger partial charge in [-0.1, -0.05) is 31.0 Å². The molecule has 0 aromatic heterocycles. The molecular weight excluding hydrogens is 371 g/mol. The van der Waals surface area contributed by atoms with Gasteiger partial charge in [-0.15, -0.1) is 0 Å². The number of hydrogen-bond acceptors (Lipinski definition) is 4. The molecule has 0 amide bonds. The molecule has 0 spiro atoms. The van der Waals surface area contributed by atoms with Gasteiger partial charge in [0, 0.05) is 13.1 Å². The molecule has 2 saturated heterocycles. The van der Waals surface area contributed by atoms with Crippen molar-refractivity contribution in [1.29, 1.82) is 0 Å². The fourth-order valence-corrected chi connectivity index (χ4v) is 3.79. The Kier molecular flexibility index (Phi) is 11.2. The van der Waals surface area contributed by atoms with E-state index in [0.717, 1.165) is 39.3 Å². The summed E-state index contributed by atoms with van der Waals surface area (Å²) in [5.41, 5.74) is 0.653. The Morgan fingerprint density at radius 1 is 0.808 bits per heavy atom. The van der Waals surface area contributed by atoms with Gasteiger partial charge in [0.1, 0.15) is 6.10 Å². The minimum absolute atomic E-state index is 0. The van der Waals surface area contributed by atoms with Gasteiger partial charge in [0.15, 0.2) is 0 Å². The van der Waals surface area contributed by atoms with Crippen LogP contribution < -0.4 is 24.8 Å². The van der Waals surface area contributed by atoms with Crippen molar-refractivity contribution in [3.05, 3.63) is 35.9 Å². The SMILES string of the molecule is O=C(OC(CN1CCCCC1)CN1CCCCC1)c1ccccc1.[Cl-].[Cl-]. The van der Waals surface area contributed by atoms with Gasteiger partial charge in [-0.3, -0.25) is 9.80 Å². The van der Waals surface area contributed by atoms with Crippen LogP contribution in [0.1, 0.15) is 48.9 Å². The van der Waals surface area contributed by atoms with Crippen LogP contribution in [-0.2, 0) is 4.74 Å². The first kappa shape index (κ1) is 23.2. The lowest BCUT2D eigenvalue weighted by Crippen LogP contribution is -3.00.